The molecule has 1 aromatic carbocycles. The molecule has 1 aliphatic heterocycles. The van der Waals surface area contributed by atoms with Gasteiger partial charge in [0.25, 0.3) is 0 Å². The fourth-order valence-electron chi connectivity index (χ4n) is 3.98. The van der Waals surface area contributed by atoms with E-state index in [2.05, 4.69) is 22.3 Å². The van der Waals surface area contributed by atoms with Crippen molar-refractivity contribution in [2.45, 2.75) is 30.8 Å². The van der Waals surface area contributed by atoms with E-state index >= 15 is 0 Å². The van der Waals surface area contributed by atoms with Crippen LogP contribution in [0.1, 0.15) is 29.5 Å². The van der Waals surface area contributed by atoms with Crippen LogP contribution in [0.15, 0.2) is 46.2 Å². The van der Waals surface area contributed by atoms with Gasteiger partial charge < -0.3 is 13.9 Å². The van der Waals surface area contributed by atoms with Crippen molar-refractivity contribution in [1.82, 2.24) is 24.6 Å². The van der Waals surface area contributed by atoms with Gasteiger partial charge in [0.1, 0.15) is 5.76 Å². The minimum atomic E-state index is 0.139. The van der Waals surface area contributed by atoms with Crippen molar-refractivity contribution in [3.8, 4) is 11.4 Å². The maximum Gasteiger partial charge on any atom is 0.233 e. The first kappa shape index (κ1) is 20.3. The van der Waals surface area contributed by atoms with Gasteiger partial charge in [0.05, 0.1) is 32.8 Å². The number of amides is 1. The Hall–Kier alpha value is -2.65. The molecule has 1 amide bonds. The van der Waals surface area contributed by atoms with Crippen molar-refractivity contribution < 1.29 is 9.21 Å². The van der Waals surface area contributed by atoms with E-state index < -0.39 is 0 Å². The SMILES string of the molecule is Cc1occc1-c1nnc(SCC(=O)N2CCC[C@@H](c3nc4ccccc4s3)C2)n1C. The molecule has 160 valence electrons. The Bertz CT molecular complexity index is 1190. The third-order valence-corrected chi connectivity index (χ3v) is 7.90. The third-order valence-electron chi connectivity index (χ3n) is 5.69. The van der Waals surface area contributed by atoms with E-state index in [-0.39, 0.29) is 5.91 Å². The summed E-state index contributed by atoms with van der Waals surface area (Å²) in [5, 5.41) is 10.4. The molecule has 3 aromatic heterocycles. The number of benzene rings is 1. The number of hydrogen-bond donors (Lipinski definition) is 0. The molecule has 1 atom stereocenters. The Morgan fingerprint density at radius 1 is 1.29 bits per heavy atom. The van der Waals surface area contributed by atoms with Crippen LogP contribution < -0.4 is 0 Å². The second-order valence-corrected chi connectivity index (χ2v) is 9.75. The maximum absolute atomic E-state index is 12.9. The van der Waals surface area contributed by atoms with E-state index in [1.54, 1.807) is 17.6 Å². The van der Waals surface area contributed by atoms with E-state index in [0.717, 1.165) is 58.8 Å². The summed E-state index contributed by atoms with van der Waals surface area (Å²) in [5.74, 6) is 2.35. The average molecular weight is 454 g/mol. The lowest BCUT2D eigenvalue weighted by Gasteiger charge is -2.31. The zero-order chi connectivity index (χ0) is 21.4. The van der Waals surface area contributed by atoms with Crippen LogP contribution in [0, 0.1) is 6.92 Å². The van der Waals surface area contributed by atoms with E-state index in [0.29, 0.717) is 11.7 Å². The summed E-state index contributed by atoms with van der Waals surface area (Å²) in [4.78, 5) is 19.7. The van der Waals surface area contributed by atoms with Gasteiger partial charge in [0.15, 0.2) is 11.0 Å². The van der Waals surface area contributed by atoms with Gasteiger partial charge in [-0.15, -0.1) is 21.5 Å². The summed E-state index contributed by atoms with van der Waals surface area (Å²) in [7, 11) is 1.92. The van der Waals surface area contributed by atoms with E-state index in [9.17, 15) is 4.79 Å². The highest BCUT2D eigenvalue weighted by molar-refractivity contribution is 7.99. The number of furan rings is 1. The smallest absolute Gasteiger partial charge is 0.233 e. The summed E-state index contributed by atoms with van der Waals surface area (Å²) >= 11 is 3.18. The molecule has 1 fully saturated rings. The van der Waals surface area contributed by atoms with Crippen molar-refractivity contribution in [3.63, 3.8) is 0 Å². The number of carbonyl (C=O) groups is 1. The molecule has 4 aromatic rings. The summed E-state index contributed by atoms with van der Waals surface area (Å²) in [5.41, 5.74) is 1.97. The summed E-state index contributed by atoms with van der Waals surface area (Å²) in [6, 6.07) is 10.1. The number of fused-ring (bicyclic) bond motifs is 1. The van der Waals surface area contributed by atoms with E-state index in [4.69, 9.17) is 9.40 Å². The molecule has 7 nitrogen and oxygen atoms in total. The molecule has 0 radical (unpaired) electrons. The first-order chi connectivity index (χ1) is 15.1. The van der Waals surface area contributed by atoms with Crippen LogP contribution in [0.25, 0.3) is 21.6 Å². The number of thioether (sulfide) groups is 1. The highest BCUT2D eigenvalue weighted by Crippen LogP contribution is 2.33. The standard InChI is InChI=1S/C22H23N5O2S2/c1-14-16(9-11-29-14)20-24-25-22(26(20)2)30-13-19(28)27-10-5-6-15(12-27)21-23-17-7-3-4-8-18(17)31-21/h3-4,7-9,11,15H,5-6,10,12-13H2,1-2H3/t15-/m1/s1. The number of hydrogen-bond acceptors (Lipinski definition) is 7. The number of aryl methyl sites for hydroxylation is 1. The van der Waals surface area contributed by atoms with Crippen LogP contribution in [0.4, 0.5) is 0 Å². The molecule has 5 rings (SSSR count). The molecule has 0 unspecified atom stereocenters. The lowest BCUT2D eigenvalue weighted by Crippen LogP contribution is -2.40. The first-order valence-corrected chi connectivity index (χ1v) is 12.1. The normalized spacial score (nSPS) is 16.8. The van der Waals surface area contributed by atoms with Gasteiger partial charge >= 0.3 is 0 Å². The minimum absolute atomic E-state index is 0.139. The van der Waals surface area contributed by atoms with Crippen LogP contribution in [0.3, 0.4) is 0 Å². The number of nitrogens with zero attached hydrogens (tertiary/aromatic N) is 5. The van der Waals surface area contributed by atoms with Gasteiger partial charge in [0, 0.05) is 26.1 Å². The van der Waals surface area contributed by atoms with Gasteiger partial charge in [-0.25, -0.2) is 4.98 Å². The van der Waals surface area contributed by atoms with Crippen LogP contribution in [0.2, 0.25) is 0 Å². The van der Waals surface area contributed by atoms with Gasteiger partial charge in [0.2, 0.25) is 5.91 Å². The second kappa shape index (κ2) is 8.47. The van der Waals surface area contributed by atoms with Gasteiger partial charge in [-0.05, 0) is 38.0 Å². The topological polar surface area (TPSA) is 77.1 Å². The van der Waals surface area contributed by atoms with E-state index in [1.807, 2.05) is 41.6 Å². The maximum atomic E-state index is 12.9. The zero-order valence-corrected chi connectivity index (χ0v) is 19.1. The van der Waals surface area contributed by atoms with Crippen molar-refractivity contribution >= 4 is 39.2 Å². The molecular weight excluding hydrogens is 430 g/mol. The van der Waals surface area contributed by atoms with Crippen molar-refractivity contribution in [2.24, 2.45) is 7.05 Å². The minimum Gasteiger partial charge on any atom is -0.469 e. The monoisotopic (exact) mass is 453 g/mol. The van der Waals surface area contributed by atoms with Crippen LogP contribution >= 0.6 is 23.1 Å². The number of thiazole rings is 1. The predicted octanol–water partition coefficient (Wildman–Crippen LogP) is 4.49. The van der Waals surface area contributed by atoms with Crippen molar-refractivity contribution in [1.29, 1.82) is 0 Å². The molecule has 1 aliphatic rings. The Kier molecular flexibility index (Phi) is 5.54. The lowest BCUT2D eigenvalue weighted by atomic mass is 9.99. The number of piperidine rings is 1. The molecule has 0 aliphatic carbocycles. The number of carbonyl (C=O) groups excluding carboxylic acids is 1. The molecule has 0 saturated carbocycles. The molecule has 4 heterocycles. The Labute approximate surface area is 188 Å². The van der Waals surface area contributed by atoms with Crippen LogP contribution in [-0.2, 0) is 11.8 Å². The zero-order valence-electron chi connectivity index (χ0n) is 17.4. The van der Waals surface area contributed by atoms with Gasteiger partial charge in [-0.1, -0.05) is 23.9 Å². The molecule has 0 N–H and O–H groups in total. The molecular formula is C22H23N5O2S2. The van der Waals surface area contributed by atoms with E-state index in [1.165, 1.54) is 16.5 Å². The Morgan fingerprint density at radius 2 is 2.16 bits per heavy atom. The first-order valence-electron chi connectivity index (χ1n) is 10.3. The molecule has 9 heteroatoms. The molecule has 1 saturated heterocycles. The second-order valence-electron chi connectivity index (χ2n) is 7.74. The average Bonchev–Trinajstić information content (AvgIpc) is 3.50. The predicted molar refractivity (Wildman–Crippen MR) is 122 cm³/mol. The summed E-state index contributed by atoms with van der Waals surface area (Å²) in [6.45, 7) is 3.44. The molecule has 0 bridgehead atoms. The number of para-hydroxylation sites is 1. The fourth-order valence-corrected chi connectivity index (χ4v) is 5.89. The number of likely N-dealkylation sites (tertiary alicyclic amines) is 1. The fraction of sp³-hybridized carbons (Fsp3) is 0.364. The Morgan fingerprint density at radius 3 is 2.97 bits per heavy atom. The Balaban J connectivity index is 1.24. The number of rotatable bonds is 5. The quantitative estimate of drug-likeness (QED) is 0.414. The largest absolute Gasteiger partial charge is 0.469 e. The summed E-state index contributed by atoms with van der Waals surface area (Å²) < 4.78 is 8.50. The van der Waals surface area contributed by atoms with Crippen molar-refractivity contribution in [2.75, 3.05) is 18.8 Å². The lowest BCUT2D eigenvalue weighted by molar-refractivity contribution is -0.129. The molecule has 31 heavy (non-hydrogen) atoms. The summed E-state index contributed by atoms with van der Waals surface area (Å²) in [6.07, 6.45) is 3.73. The highest BCUT2D eigenvalue weighted by atomic mass is 32.2. The van der Waals surface area contributed by atoms with Gasteiger partial charge in [-0.3, -0.25) is 4.79 Å². The number of aromatic nitrogens is 4. The van der Waals surface area contributed by atoms with Crippen LogP contribution in [0.5, 0.6) is 0 Å². The van der Waals surface area contributed by atoms with Gasteiger partial charge in [-0.2, -0.15) is 0 Å². The van der Waals surface area contributed by atoms with Crippen LogP contribution in [-0.4, -0.2) is 49.4 Å². The molecule has 0 spiro atoms. The van der Waals surface area contributed by atoms with Crippen molar-refractivity contribution in [3.05, 3.63) is 47.4 Å². The highest BCUT2D eigenvalue weighted by Gasteiger charge is 2.27. The third kappa shape index (κ3) is 3.99.